The summed E-state index contributed by atoms with van der Waals surface area (Å²) < 4.78 is 7.24. The molecule has 0 aromatic heterocycles. The monoisotopic (exact) mass is 313 g/mol. The highest BCUT2D eigenvalue weighted by molar-refractivity contribution is 9.10. The van der Waals surface area contributed by atoms with Gasteiger partial charge in [0.1, 0.15) is 0 Å². The number of hydrogen-bond donors (Lipinski definition) is 1. The molecule has 1 atom stereocenters. The van der Waals surface area contributed by atoms with Crippen LogP contribution in [-0.2, 0) is 4.74 Å². The van der Waals surface area contributed by atoms with E-state index in [4.69, 9.17) is 4.74 Å². The lowest BCUT2D eigenvalue weighted by Gasteiger charge is -2.29. The van der Waals surface area contributed by atoms with Crippen molar-refractivity contribution < 1.29 is 4.74 Å². The highest BCUT2D eigenvalue weighted by Crippen LogP contribution is 2.25. The molecule has 0 bridgehead atoms. The predicted octanol–water partition coefficient (Wildman–Crippen LogP) is 4.30. The Morgan fingerprint density at radius 1 is 1.28 bits per heavy atom. The van der Waals surface area contributed by atoms with Crippen LogP contribution in [0.15, 0.2) is 28.7 Å². The zero-order chi connectivity index (χ0) is 13.8. The van der Waals surface area contributed by atoms with Crippen LogP contribution in [0.5, 0.6) is 0 Å². The Kier molecular flexibility index (Phi) is 5.83. The molecule has 1 unspecified atom stereocenters. The number of benzene rings is 1. The first-order chi connectivity index (χ1) is 8.28. The second-order valence-electron chi connectivity index (χ2n) is 5.84. The van der Waals surface area contributed by atoms with Gasteiger partial charge in [-0.2, -0.15) is 0 Å². The van der Waals surface area contributed by atoms with Gasteiger partial charge < -0.3 is 10.1 Å². The van der Waals surface area contributed by atoms with Crippen molar-refractivity contribution in [2.75, 3.05) is 6.54 Å². The lowest BCUT2D eigenvalue weighted by molar-refractivity contribution is -0.0612. The average Bonchev–Trinajstić information content (AvgIpc) is 2.22. The molecular formula is C15H24BrNO. The van der Waals surface area contributed by atoms with E-state index in [2.05, 4.69) is 68.0 Å². The molecule has 0 fully saturated rings. The summed E-state index contributed by atoms with van der Waals surface area (Å²) in [6.45, 7) is 11.4. The maximum Gasteiger partial charge on any atom is 0.0956 e. The zero-order valence-electron chi connectivity index (χ0n) is 12.0. The van der Waals surface area contributed by atoms with Gasteiger partial charge in [0.15, 0.2) is 0 Å². The molecule has 0 amide bonds. The van der Waals surface area contributed by atoms with Crippen LogP contribution in [0.1, 0.15) is 46.3 Å². The molecule has 18 heavy (non-hydrogen) atoms. The van der Waals surface area contributed by atoms with Crippen LogP contribution in [0.2, 0.25) is 0 Å². The Hall–Kier alpha value is -0.380. The SMILES string of the molecule is CC(C)NCC(OC(C)(C)C)c1cccc(Br)c1. The van der Waals surface area contributed by atoms with E-state index in [-0.39, 0.29) is 11.7 Å². The Morgan fingerprint density at radius 2 is 1.94 bits per heavy atom. The van der Waals surface area contributed by atoms with E-state index < -0.39 is 0 Å². The number of nitrogens with one attached hydrogen (secondary N) is 1. The summed E-state index contributed by atoms with van der Waals surface area (Å²) in [6.07, 6.45) is 0.0740. The van der Waals surface area contributed by atoms with E-state index in [0.717, 1.165) is 11.0 Å². The minimum Gasteiger partial charge on any atom is -0.367 e. The van der Waals surface area contributed by atoms with Gasteiger partial charge >= 0.3 is 0 Å². The first-order valence-electron chi connectivity index (χ1n) is 6.44. The second-order valence-corrected chi connectivity index (χ2v) is 6.75. The van der Waals surface area contributed by atoms with E-state index in [1.165, 1.54) is 5.56 Å². The van der Waals surface area contributed by atoms with Gasteiger partial charge in [-0.3, -0.25) is 0 Å². The molecule has 0 radical (unpaired) electrons. The molecule has 0 saturated heterocycles. The fourth-order valence-corrected chi connectivity index (χ4v) is 2.12. The summed E-state index contributed by atoms with van der Waals surface area (Å²) in [5.41, 5.74) is 1.05. The summed E-state index contributed by atoms with van der Waals surface area (Å²) >= 11 is 3.51. The fraction of sp³-hybridized carbons (Fsp3) is 0.600. The quantitative estimate of drug-likeness (QED) is 0.875. The van der Waals surface area contributed by atoms with Crippen molar-refractivity contribution in [3.63, 3.8) is 0 Å². The lowest BCUT2D eigenvalue weighted by atomic mass is 10.1. The highest BCUT2D eigenvalue weighted by atomic mass is 79.9. The van der Waals surface area contributed by atoms with Crippen LogP contribution in [0.25, 0.3) is 0 Å². The molecule has 1 aromatic carbocycles. The van der Waals surface area contributed by atoms with Crippen molar-refractivity contribution in [3.05, 3.63) is 34.3 Å². The van der Waals surface area contributed by atoms with Crippen molar-refractivity contribution in [1.82, 2.24) is 5.32 Å². The van der Waals surface area contributed by atoms with E-state index in [1.807, 2.05) is 12.1 Å². The third kappa shape index (κ3) is 5.98. The second kappa shape index (κ2) is 6.69. The Balaban J connectivity index is 2.82. The van der Waals surface area contributed by atoms with E-state index in [0.29, 0.717) is 6.04 Å². The Labute approximate surface area is 119 Å². The molecule has 1 aromatic rings. The smallest absolute Gasteiger partial charge is 0.0956 e. The van der Waals surface area contributed by atoms with Crippen molar-refractivity contribution in [2.45, 2.75) is 52.4 Å². The molecule has 3 heteroatoms. The maximum absolute atomic E-state index is 6.15. The van der Waals surface area contributed by atoms with Gasteiger partial charge in [0.25, 0.3) is 0 Å². The van der Waals surface area contributed by atoms with E-state index in [1.54, 1.807) is 0 Å². The van der Waals surface area contributed by atoms with Crippen LogP contribution < -0.4 is 5.32 Å². The summed E-state index contributed by atoms with van der Waals surface area (Å²) in [5, 5.41) is 3.45. The number of ether oxygens (including phenoxy) is 1. The first-order valence-corrected chi connectivity index (χ1v) is 7.24. The highest BCUT2D eigenvalue weighted by Gasteiger charge is 2.20. The van der Waals surface area contributed by atoms with Crippen LogP contribution in [0, 0.1) is 0 Å². The lowest BCUT2D eigenvalue weighted by Crippen LogP contribution is -2.33. The predicted molar refractivity (Wildman–Crippen MR) is 80.9 cm³/mol. The van der Waals surface area contributed by atoms with Crippen LogP contribution in [0.4, 0.5) is 0 Å². The standard InChI is InChI=1S/C15H24BrNO/c1-11(2)17-10-14(18-15(3,4)5)12-7-6-8-13(16)9-12/h6-9,11,14,17H,10H2,1-5H3. The van der Waals surface area contributed by atoms with Gasteiger partial charge in [0, 0.05) is 17.1 Å². The van der Waals surface area contributed by atoms with Crippen LogP contribution in [0.3, 0.4) is 0 Å². The summed E-state index contributed by atoms with van der Waals surface area (Å²) in [6, 6.07) is 8.78. The van der Waals surface area contributed by atoms with Crippen molar-refractivity contribution in [1.29, 1.82) is 0 Å². The number of rotatable bonds is 5. The molecule has 0 heterocycles. The number of halogens is 1. The topological polar surface area (TPSA) is 21.3 Å². The molecule has 0 aliphatic heterocycles. The van der Waals surface area contributed by atoms with E-state index >= 15 is 0 Å². The summed E-state index contributed by atoms with van der Waals surface area (Å²) in [5.74, 6) is 0. The fourth-order valence-electron chi connectivity index (χ4n) is 1.70. The zero-order valence-corrected chi connectivity index (χ0v) is 13.5. The average molecular weight is 314 g/mol. The molecule has 0 saturated carbocycles. The molecule has 0 aliphatic carbocycles. The van der Waals surface area contributed by atoms with Gasteiger partial charge in [0.05, 0.1) is 11.7 Å². The summed E-state index contributed by atoms with van der Waals surface area (Å²) in [7, 11) is 0. The number of hydrogen-bond acceptors (Lipinski definition) is 2. The summed E-state index contributed by atoms with van der Waals surface area (Å²) in [4.78, 5) is 0. The largest absolute Gasteiger partial charge is 0.367 e. The molecule has 102 valence electrons. The van der Waals surface area contributed by atoms with Crippen molar-refractivity contribution in [3.8, 4) is 0 Å². The normalized spacial score (nSPS) is 13.9. The molecule has 0 aliphatic rings. The third-order valence-corrected chi connectivity index (χ3v) is 2.92. The van der Waals surface area contributed by atoms with Gasteiger partial charge in [0.2, 0.25) is 0 Å². The molecule has 0 spiro atoms. The molecule has 2 nitrogen and oxygen atoms in total. The van der Waals surface area contributed by atoms with Gasteiger partial charge in [-0.05, 0) is 38.5 Å². The minimum atomic E-state index is -0.147. The van der Waals surface area contributed by atoms with Crippen molar-refractivity contribution in [2.24, 2.45) is 0 Å². The molecular weight excluding hydrogens is 290 g/mol. The van der Waals surface area contributed by atoms with Gasteiger partial charge in [-0.25, -0.2) is 0 Å². The Bertz CT molecular complexity index is 371. The molecule has 1 N–H and O–H groups in total. The van der Waals surface area contributed by atoms with Gasteiger partial charge in [-0.15, -0.1) is 0 Å². The third-order valence-electron chi connectivity index (χ3n) is 2.43. The van der Waals surface area contributed by atoms with Crippen LogP contribution in [-0.4, -0.2) is 18.2 Å². The van der Waals surface area contributed by atoms with Gasteiger partial charge in [-0.1, -0.05) is 41.9 Å². The first kappa shape index (κ1) is 15.7. The Morgan fingerprint density at radius 3 is 2.44 bits per heavy atom. The van der Waals surface area contributed by atoms with Crippen LogP contribution >= 0.6 is 15.9 Å². The van der Waals surface area contributed by atoms with E-state index in [9.17, 15) is 0 Å². The maximum atomic E-state index is 6.15. The van der Waals surface area contributed by atoms with Crippen molar-refractivity contribution >= 4 is 15.9 Å². The minimum absolute atomic E-state index is 0.0740. The molecule has 1 rings (SSSR count).